The van der Waals surface area contributed by atoms with Crippen LogP contribution in [0.2, 0.25) is 0 Å². The largest absolute Gasteiger partial charge is 0.472 e. The van der Waals surface area contributed by atoms with E-state index in [1.165, 1.54) is 19.3 Å². The van der Waals surface area contributed by atoms with Gasteiger partial charge in [0.2, 0.25) is 0 Å². The predicted octanol–water partition coefficient (Wildman–Crippen LogP) is 5.48. The van der Waals surface area contributed by atoms with Gasteiger partial charge in [-0.05, 0) is 42.9 Å². The summed E-state index contributed by atoms with van der Waals surface area (Å²) in [5.41, 5.74) is 0. The molecule has 5 atom stereocenters. The molecule has 1 aliphatic rings. The molecule has 1 saturated heterocycles. The molecular formula is C21H45NO4P+. The second kappa shape index (κ2) is 11.3. The maximum atomic E-state index is 12.3. The Bertz CT molecular complexity index is 461. The Morgan fingerprint density at radius 3 is 1.96 bits per heavy atom. The number of hydrogen-bond donors (Lipinski definition) is 1. The third kappa shape index (κ3) is 11.0. The Balaban J connectivity index is 2.29. The summed E-state index contributed by atoms with van der Waals surface area (Å²) >= 11 is 0. The van der Waals surface area contributed by atoms with E-state index in [1.54, 1.807) is 0 Å². The van der Waals surface area contributed by atoms with Crippen molar-refractivity contribution in [2.75, 3.05) is 33.8 Å². The molecule has 0 saturated carbocycles. The molecule has 0 aliphatic carbocycles. The van der Waals surface area contributed by atoms with Gasteiger partial charge in [-0.2, -0.15) is 0 Å². The van der Waals surface area contributed by atoms with Crippen LogP contribution in [0.5, 0.6) is 0 Å². The minimum absolute atomic E-state index is 0.164. The minimum Gasteiger partial charge on any atom is -0.328 e. The lowest BCUT2D eigenvalue weighted by molar-refractivity contribution is -0.896. The average molecular weight is 407 g/mol. The number of piperidine rings is 1. The number of rotatable bonds is 12. The highest BCUT2D eigenvalue weighted by molar-refractivity contribution is 7.47. The fourth-order valence-electron chi connectivity index (χ4n) is 4.28. The molecule has 0 amide bonds. The first-order valence-electron chi connectivity index (χ1n) is 10.9. The first-order valence-corrected chi connectivity index (χ1v) is 12.4. The van der Waals surface area contributed by atoms with Crippen molar-refractivity contribution in [3.63, 3.8) is 0 Å². The third-order valence-corrected chi connectivity index (χ3v) is 7.07. The zero-order valence-electron chi connectivity index (χ0n) is 18.8. The smallest absolute Gasteiger partial charge is 0.328 e. The molecule has 1 N–H and O–H groups in total. The van der Waals surface area contributed by atoms with Crippen LogP contribution in [0, 0.1) is 23.7 Å². The van der Waals surface area contributed by atoms with Crippen molar-refractivity contribution in [1.29, 1.82) is 0 Å². The lowest BCUT2D eigenvalue weighted by Gasteiger charge is -2.37. The molecule has 1 rings (SSSR count). The van der Waals surface area contributed by atoms with Gasteiger partial charge in [-0.3, -0.25) is 9.05 Å². The molecule has 5 unspecified atom stereocenters. The monoisotopic (exact) mass is 406 g/mol. The molecule has 5 nitrogen and oxygen atoms in total. The topological polar surface area (TPSA) is 55.8 Å². The van der Waals surface area contributed by atoms with Crippen molar-refractivity contribution in [2.24, 2.45) is 23.7 Å². The van der Waals surface area contributed by atoms with Gasteiger partial charge >= 0.3 is 7.82 Å². The van der Waals surface area contributed by atoms with E-state index < -0.39 is 7.82 Å². The van der Waals surface area contributed by atoms with Crippen LogP contribution >= 0.6 is 7.82 Å². The number of quaternary nitrogens is 1. The Labute approximate surface area is 168 Å². The van der Waals surface area contributed by atoms with Crippen LogP contribution in [0.1, 0.15) is 73.1 Å². The van der Waals surface area contributed by atoms with E-state index in [0.717, 1.165) is 48.7 Å². The average Bonchev–Trinajstić information content (AvgIpc) is 2.54. The van der Waals surface area contributed by atoms with Gasteiger partial charge in [-0.1, -0.05) is 41.0 Å². The van der Waals surface area contributed by atoms with Crippen LogP contribution in [-0.4, -0.2) is 49.3 Å². The summed E-state index contributed by atoms with van der Waals surface area (Å²) in [6, 6.07) is 0. The van der Waals surface area contributed by atoms with E-state index >= 15 is 0 Å². The molecule has 162 valence electrons. The van der Waals surface area contributed by atoms with Gasteiger partial charge in [-0.25, -0.2) is 4.57 Å². The summed E-state index contributed by atoms with van der Waals surface area (Å²) in [5.74, 6) is 2.36. The van der Waals surface area contributed by atoms with Crippen LogP contribution in [0.25, 0.3) is 0 Å². The highest BCUT2D eigenvalue weighted by atomic mass is 31.2. The fourth-order valence-corrected chi connectivity index (χ4v) is 5.37. The first-order chi connectivity index (χ1) is 12.4. The van der Waals surface area contributed by atoms with Crippen LogP contribution in [0.15, 0.2) is 0 Å². The Kier molecular flexibility index (Phi) is 10.5. The number of phosphoric acid groups is 1. The molecule has 1 aliphatic heterocycles. The summed E-state index contributed by atoms with van der Waals surface area (Å²) in [5, 5.41) is 0. The van der Waals surface area contributed by atoms with E-state index in [2.05, 4.69) is 48.7 Å². The van der Waals surface area contributed by atoms with Gasteiger partial charge in [0.05, 0.1) is 39.9 Å². The standard InChI is InChI=1S/C21H44NO4P/c1-8-17(2)13-18(3)14-19(4)15-20(5)16-25-27(23,24)26-21-9-11-22(6,7)12-10-21/h17-21H,8-16H2,1-7H3/p+1. The van der Waals surface area contributed by atoms with E-state index in [4.69, 9.17) is 9.05 Å². The minimum atomic E-state index is -3.96. The molecule has 6 heteroatoms. The summed E-state index contributed by atoms with van der Waals surface area (Å²) in [6.07, 6.45) is 6.19. The molecule has 27 heavy (non-hydrogen) atoms. The third-order valence-electron chi connectivity index (χ3n) is 6.03. The molecule has 0 aromatic carbocycles. The van der Waals surface area contributed by atoms with Crippen LogP contribution in [-0.2, 0) is 13.6 Å². The summed E-state index contributed by atoms with van der Waals surface area (Å²) in [4.78, 5) is 10.1. The van der Waals surface area contributed by atoms with Gasteiger partial charge in [0.25, 0.3) is 0 Å². The van der Waals surface area contributed by atoms with E-state index in [0.29, 0.717) is 5.92 Å². The first kappa shape index (κ1) is 25.1. The summed E-state index contributed by atoms with van der Waals surface area (Å²) in [6.45, 7) is 13.5. The Morgan fingerprint density at radius 1 is 0.963 bits per heavy atom. The molecule has 0 radical (unpaired) electrons. The van der Waals surface area contributed by atoms with Crippen LogP contribution < -0.4 is 0 Å². The fraction of sp³-hybridized carbons (Fsp3) is 1.00. The van der Waals surface area contributed by atoms with Gasteiger partial charge in [0.1, 0.15) is 0 Å². The lowest BCUT2D eigenvalue weighted by atomic mass is 9.85. The summed E-state index contributed by atoms with van der Waals surface area (Å²) < 4.78 is 24.0. The highest BCUT2D eigenvalue weighted by Gasteiger charge is 2.33. The second-order valence-corrected chi connectivity index (χ2v) is 11.4. The Morgan fingerprint density at radius 2 is 1.44 bits per heavy atom. The summed E-state index contributed by atoms with van der Waals surface area (Å²) in [7, 11) is 0.399. The molecule has 0 spiro atoms. The molecule has 0 bridgehead atoms. The highest BCUT2D eigenvalue weighted by Crippen LogP contribution is 2.46. The van der Waals surface area contributed by atoms with Gasteiger partial charge in [-0.15, -0.1) is 0 Å². The van der Waals surface area contributed by atoms with Crippen molar-refractivity contribution in [3.8, 4) is 0 Å². The molecular weight excluding hydrogens is 361 g/mol. The maximum absolute atomic E-state index is 12.3. The van der Waals surface area contributed by atoms with E-state index in [9.17, 15) is 9.46 Å². The quantitative estimate of drug-likeness (QED) is 0.344. The zero-order valence-corrected chi connectivity index (χ0v) is 19.7. The van der Waals surface area contributed by atoms with Crippen molar-refractivity contribution in [1.82, 2.24) is 0 Å². The number of likely N-dealkylation sites (tertiary alicyclic amines) is 1. The number of nitrogens with zero attached hydrogens (tertiary/aromatic N) is 1. The molecule has 1 heterocycles. The van der Waals surface area contributed by atoms with Gasteiger partial charge < -0.3 is 9.38 Å². The van der Waals surface area contributed by atoms with Gasteiger partial charge in [0.15, 0.2) is 0 Å². The Hall–Kier alpha value is 0.0700. The lowest BCUT2D eigenvalue weighted by Crippen LogP contribution is -2.47. The van der Waals surface area contributed by atoms with Crippen molar-refractivity contribution in [2.45, 2.75) is 79.2 Å². The zero-order chi connectivity index (χ0) is 20.7. The maximum Gasteiger partial charge on any atom is 0.472 e. The normalized spacial score (nSPS) is 24.7. The van der Waals surface area contributed by atoms with Crippen molar-refractivity contribution >= 4 is 7.82 Å². The van der Waals surface area contributed by atoms with Crippen LogP contribution in [0.3, 0.4) is 0 Å². The number of phosphoric ester groups is 1. The number of hydrogen-bond acceptors (Lipinski definition) is 3. The predicted molar refractivity (Wildman–Crippen MR) is 113 cm³/mol. The molecule has 1 fully saturated rings. The second-order valence-electron chi connectivity index (χ2n) is 9.99. The van der Waals surface area contributed by atoms with Crippen molar-refractivity contribution in [3.05, 3.63) is 0 Å². The van der Waals surface area contributed by atoms with Crippen molar-refractivity contribution < 1.29 is 23.0 Å². The van der Waals surface area contributed by atoms with Gasteiger partial charge in [0, 0.05) is 12.8 Å². The van der Waals surface area contributed by atoms with Crippen LogP contribution in [0.4, 0.5) is 0 Å². The molecule has 0 aromatic rings. The molecule has 0 aromatic heterocycles. The van der Waals surface area contributed by atoms with E-state index in [1.807, 2.05) is 0 Å². The van der Waals surface area contributed by atoms with E-state index in [-0.39, 0.29) is 18.6 Å². The SMILES string of the molecule is CCC(C)CC(C)CC(C)CC(C)COP(=O)(O)OC1CC[N+](C)(C)CC1.